The van der Waals surface area contributed by atoms with Gasteiger partial charge in [-0.3, -0.25) is 4.79 Å². The van der Waals surface area contributed by atoms with Crippen molar-refractivity contribution in [2.75, 3.05) is 6.61 Å². The van der Waals surface area contributed by atoms with Crippen LogP contribution in [0.1, 0.15) is 303 Å². The Bertz CT molecular complexity index is 615. The molecule has 0 saturated heterocycles. The van der Waals surface area contributed by atoms with E-state index in [1.807, 2.05) is 0 Å². The Kier molecular flexibility index (Phi) is 47.0. The van der Waals surface area contributed by atoms with Gasteiger partial charge in [-0.2, -0.15) is 0 Å². The summed E-state index contributed by atoms with van der Waals surface area (Å²) in [6.45, 7) is 5.24. The molecular weight excluding hydrogens is 621 g/mol. The van der Waals surface area contributed by atoms with Gasteiger partial charge < -0.3 is 4.74 Å². The number of carbonyl (C=O) groups excluding carboxylic acids is 1. The van der Waals surface area contributed by atoms with Crippen LogP contribution in [0, 0.1) is 0 Å². The van der Waals surface area contributed by atoms with Crippen LogP contribution in [0.3, 0.4) is 0 Å². The largest absolute Gasteiger partial charge is 0.466 e. The molecule has 0 N–H and O–H groups in total. The van der Waals surface area contributed by atoms with E-state index in [9.17, 15) is 4.79 Å². The van der Waals surface area contributed by atoms with Gasteiger partial charge in [0, 0.05) is 6.42 Å². The lowest BCUT2D eigenvalue weighted by Gasteiger charge is -2.06. The topological polar surface area (TPSA) is 26.3 Å². The average Bonchev–Trinajstić information content (AvgIpc) is 3.14. The van der Waals surface area contributed by atoms with E-state index in [4.69, 9.17) is 4.74 Å². The third-order valence-corrected chi connectivity index (χ3v) is 11.5. The molecule has 2 heteroatoms. The number of unbranched alkanes of at least 4 members (excludes halogenated alkanes) is 42. The Morgan fingerprint density at radius 3 is 0.647 bits per heavy atom. The summed E-state index contributed by atoms with van der Waals surface area (Å²) in [7, 11) is 0. The summed E-state index contributed by atoms with van der Waals surface area (Å²) < 4.78 is 5.49. The molecule has 0 radical (unpaired) electrons. The first-order valence-corrected chi connectivity index (χ1v) is 24.5. The lowest BCUT2D eigenvalue weighted by molar-refractivity contribution is -0.143. The van der Waals surface area contributed by atoms with Crippen molar-refractivity contribution in [3.05, 3.63) is 0 Å². The van der Waals surface area contributed by atoms with Gasteiger partial charge in [-0.15, -0.1) is 0 Å². The molecular formula is C49H98O2. The molecule has 0 aromatic heterocycles. The van der Waals surface area contributed by atoms with Crippen LogP contribution in [0.4, 0.5) is 0 Å². The Balaban J connectivity index is 3.14. The maximum atomic E-state index is 12.0. The van der Waals surface area contributed by atoms with Gasteiger partial charge in [-0.05, 0) is 12.8 Å². The van der Waals surface area contributed by atoms with Crippen LogP contribution < -0.4 is 0 Å². The fourth-order valence-corrected chi connectivity index (χ4v) is 7.85. The van der Waals surface area contributed by atoms with E-state index in [1.54, 1.807) is 0 Å². The molecule has 0 fully saturated rings. The van der Waals surface area contributed by atoms with Gasteiger partial charge in [-0.25, -0.2) is 0 Å². The predicted molar refractivity (Wildman–Crippen MR) is 230 cm³/mol. The van der Waals surface area contributed by atoms with Crippen LogP contribution in [0.25, 0.3) is 0 Å². The summed E-state index contributed by atoms with van der Waals surface area (Å²) in [5.41, 5.74) is 0. The number of carbonyl (C=O) groups is 1. The van der Waals surface area contributed by atoms with Crippen molar-refractivity contribution in [2.45, 2.75) is 303 Å². The molecule has 2 nitrogen and oxygen atoms in total. The highest BCUT2D eigenvalue weighted by Gasteiger charge is 2.03. The van der Waals surface area contributed by atoms with Crippen LogP contribution in [-0.2, 0) is 9.53 Å². The summed E-state index contributed by atoms with van der Waals surface area (Å²) >= 11 is 0. The number of rotatable bonds is 46. The molecule has 0 spiro atoms. The molecule has 0 bridgehead atoms. The molecule has 0 atom stereocenters. The van der Waals surface area contributed by atoms with Gasteiger partial charge in [-0.1, -0.05) is 284 Å². The zero-order valence-electron chi connectivity index (χ0n) is 35.8. The van der Waals surface area contributed by atoms with Crippen LogP contribution in [0.15, 0.2) is 0 Å². The van der Waals surface area contributed by atoms with Crippen molar-refractivity contribution >= 4 is 5.97 Å². The maximum absolute atomic E-state index is 12.0. The van der Waals surface area contributed by atoms with E-state index in [0.29, 0.717) is 13.0 Å². The first-order valence-electron chi connectivity index (χ1n) is 24.5. The molecule has 306 valence electrons. The molecule has 0 rings (SSSR count). The van der Waals surface area contributed by atoms with Gasteiger partial charge in [0.1, 0.15) is 0 Å². The van der Waals surface area contributed by atoms with Gasteiger partial charge in [0.05, 0.1) is 6.61 Å². The Morgan fingerprint density at radius 2 is 0.431 bits per heavy atom. The van der Waals surface area contributed by atoms with Gasteiger partial charge in [0.15, 0.2) is 0 Å². The number of esters is 1. The standard InChI is InChI=1S/C49H98O2/c1-3-5-7-9-11-13-15-17-19-21-23-25-27-29-31-33-35-37-39-41-43-45-47-49(50)51-48-46-44-42-40-38-36-34-32-30-28-26-24-22-20-18-16-14-12-10-8-6-4-2/h3-48H2,1-2H3. The lowest BCUT2D eigenvalue weighted by Crippen LogP contribution is -2.05. The Labute approximate surface area is 324 Å². The summed E-state index contributed by atoms with van der Waals surface area (Å²) in [6.07, 6.45) is 62.4. The first-order chi connectivity index (χ1) is 25.3. The fourth-order valence-electron chi connectivity index (χ4n) is 7.85. The van der Waals surface area contributed by atoms with Crippen LogP contribution in [0.5, 0.6) is 0 Å². The Hall–Kier alpha value is -0.530. The van der Waals surface area contributed by atoms with E-state index in [0.717, 1.165) is 12.8 Å². The van der Waals surface area contributed by atoms with Crippen LogP contribution >= 0.6 is 0 Å². The lowest BCUT2D eigenvalue weighted by atomic mass is 10.0. The average molecular weight is 719 g/mol. The molecule has 0 unspecified atom stereocenters. The molecule has 0 amide bonds. The number of hydrogen-bond donors (Lipinski definition) is 0. The molecule has 0 saturated carbocycles. The number of ether oxygens (including phenoxy) is 1. The minimum absolute atomic E-state index is 0.0339. The van der Waals surface area contributed by atoms with Gasteiger partial charge in [0.2, 0.25) is 0 Å². The highest BCUT2D eigenvalue weighted by Crippen LogP contribution is 2.17. The monoisotopic (exact) mass is 719 g/mol. The van der Waals surface area contributed by atoms with Gasteiger partial charge in [0.25, 0.3) is 0 Å². The third-order valence-electron chi connectivity index (χ3n) is 11.5. The first kappa shape index (κ1) is 50.5. The van der Waals surface area contributed by atoms with Crippen molar-refractivity contribution in [1.82, 2.24) is 0 Å². The minimum Gasteiger partial charge on any atom is -0.466 e. The van der Waals surface area contributed by atoms with Gasteiger partial charge >= 0.3 is 5.97 Å². The van der Waals surface area contributed by atoms with Crippen LogP contribution in [-0.4, -0.2) is 12.6 Å². The van der Waals surface area contributed by atoms with E-state index in [1.165, 1.54) is 270 Å². The normalized spacial score (nSPS) is 11.5. The molecule has 51 heavy (non-hydrogen) atoms. The quantitative estimate of drug-likeness (QED) is 0.0463. The smallest absolute Gasteiger partial charge is 0.305 e. The second-order valence-electron chi connectivity index (χ2n) is 16.8. The molecule has 0 aliphatic rings. The van der Waals surface area contributed by atoms with Crippen molar-refractivity contribution in [3.8, 4) is 0 Å². The molecule has 0 aromatic carbocycles. The predicted octanol–water partition coefficient (Wildman–Crippen LogP) is 18.1. The van der Waals surface area contributed by atoms with Crippen LogP contribution in [0.2, 0.25) is 0 Å². The second kappa shape index (κ2) is 47.5. The molecule has 0 heterocycles. The van der Waals surface area contributed by atoms with Crippen molar-refractivity contribution in [1.29, 1.82) is 0 Å². The highest BCUT2D eigenvalue weighted by atomic mass is 16.5. The SMILES string of the molecule is CCCCCCCCCCCCCCCCCCCCCCCCOC(=O)CCCCCCCCCCCCCCCCCCCCCCCC. The van der Waals surface area contributed by atoms with E-state index in [2.05, 4.69) is 13.8 Å². The van der Waals surface area contributed by atoms with E-state index >= 15 is 0 Å². The third kappa shape index (κ3) is 47.4. The van der Waals surface area contributed by atoms with Crippen molar-refractivity contribution in [3.63, 3.8) is 0 Å². The number of hydrogen-bond acceptors (Lipinski definition) is 2. The summed E-state index contributed by atoms with van der Waals surface area (Å²) in [5.74, 6) is 0.0339. The highest BCUT2D eigenvalue weighted by molar-refractivity contribution is 5.69. The molecule has 0 aromatic rings. The zero-order valence-corrected chi connectivity index (χ0v) is 35.8. The minimum atomic E-state index is 0.0339. The zero-order chi connectivity index (χ0) is 36.8. The maximum Gasteiger partial charge on any atom is 0.305 e. The molecule has 0 aliphatic heterocycles. The van der Waals surface area contributed by atoms with E-state index in [-0.39, 0.29) is 5.97 Å². The summed E-state index contributed by atoms with van der Waals surface area (Å²) in [4.78, 5) is 12.0. The van der Waals surface area contributed by atoms with E-state index < -0.39 is 0 Å². The fraction of sp³-hybridized carbons (Fsp3) is 0.980. The summed E-state index contributed by atoms with van der Waals surface area (Å²) in [6, 6.07) is 0. The molecule has 0 aliphatic carbocycles. The summed E-state index contributed by atoms with van der Waals surface area (Å²) in [5, 5.41) is 0. The van der Waals surface area contributed by atoms with Crippen molar-refractivity contribution < 1.29 is 9.53 Å². The Morgan fingerprint density at radius 1 is 0.255 bits per heavy atom. The van der Waals surface area contributed by atoms with Crippen molar-refractivity contribution in [2.24, 2.45) is 0 Å². The second-order valence-corrected chi connectivity index (χ2v) is 16.8.